The number of ether oxygens (including phenoxy) is 1. The molecule has 0 atom stereocenters. The number of anilines is 2. The predicted octanol–water partition coefficient (Wildman–Crippen LogP) is 3.22. The Morgan fingerprint density at radius 2 is 2.10 bits per heavy atom. The van der Waals surface area contributed by atoms with Gasteiger partial charge in [0.25, 0.3) is 0 Å². The largest absolute Gasteiger partial charge is 0.397 e. The van der Waals surface area contributed by atoms with Gasteiger partial charge in [-0.1, -0.05) is 23.7 Å². The monoisotopic (exact) mass is 308 g/mol. The van der Waals surface area contributed by atoms with Crippen LogP contribution in [-0.4, -0.2) is 12.5 Å². The van der Waals surface area contributed by atoms with Gasteiger partial charge in [0.05, 0.1) is 18.0 Å². The maximum Gasteiger partial charge on any atom is 0.250 e. The van der Waals surface area contributed by atoms with E-state index in [0.717, 1.165) is 11.6 Å². The molecule has 110 valence electrons. The molecule has 2 rings (SSSR count). The van der Waals surface area contributed by atoms with Crippen molar-refractivity contribution in [2.24, 2.45) is 0 Å². The molecule has 0 saturated heterocycles. The van der Waals surface area contributed by atoms with Crippen molar-refractivity contribution in [3.63, 3.8) is 0 Å². The molecule has 0 radical (unpaired) electrons. The van der Waals surface area contributed by atoms with Crippen molar-refractivity contribution < 1.29 is 13.9 Å². The second kappa shape index (κ2) is 7.06. The number of benzene rings is 2. The third-order valence-corrected chi connectivity index (χ3v) is 2.91. The second-order valence-electron chi connectivity index (χ2n) is 4.40. The van der Waals surface area contributed by atoms with Crippen LogP contribution in [0.3, 0.4) is 0 Å². The molecule has 0 fully saturated rings. The number of nitrogens with one attached hydrogen (secondary N) is 1. The van der Waals surface area contributed by atoms with Gasteiger partial charge in [-0.3, -0.25) is 4.79 Å². The van der Waals surface area contributed by atoms with Gasteiger partial charge in [-0.05, 0) is 35.9 Å². The summed E-state index contributed by atoms with van der Waals surface area (Å²) >= 11 is 5.84. The number of amides is 1. The van der Waals surface area contributed by atoms with E-state index in [9.17, 15) is 9.18 Å². The van der Waals surface area contributed by atoms with Gasteiger partial charge < -0.3 is 15.8 Å². The topological polar surface area (TPSA) is 64.3 Å². The van der Waals surface area contributed by atoms with Gasteiger partial charge in [0, 0.05) is 5.02 Å². The Bertz CT molecular complexity index is 649. The SMILES string of the molecule is Nc1cc(F)ccc1NC(=O)COCc1cccc(Cl)c1. The third-order valence-electron chi connectivity index (χ3n) is 2.68. The summed E-state index contributed by atoms with van der Waals surface area (Å²) in [5.41, 5.74) is 6.99. The summed E-state index contributed by atoms with van der Waals surface area (Å²) in [5.74, 6) is -0.821. The van der Waals surface area contributed by atoms with E-state index in [1.54, 1.807) is 18.2 Å². The molecule has 0 aromatic heterocycles. The highest BCUT2D eigenvalue weighted by Crippen LogP contribution is 2.19. The fourth-order valence-electron chi connectivity index (χ4n) is 1.72. The van der Waals surface area contributed by atoms with Crippen molar-refractivity contribution in [1.82, 2.24) is 0 Å². The van der Waals surface area contributed by atoms with Crippen molar-refractivity contribution in [3.8, 4) is 0 Å². The zero-order valence-corrected chi connectivity index (χ0v) is 11.9. The first-order valence-corrected chi connectivity index (χ1v) is 6.59. The minimum atomic E-state index is -0.456. The van der Waals surface area contributed by atoms with Crippen molar-refractivity contribution in [2.45, 2.75) is 6.61 Å². The molecule has 0 aliphatic heterocycles. The van der Waals surface area contributed by atoms with Crippen molar-refractivity contribution in [2.75, 3.05) is 17.7 Å². The van der Waals surface area contributed by atoms with Gasteiger partial charge in [0.1, 0.15) is 12.4 Å². The lowest BCUT2D eigenvalue weighted by Crippen LogP contribution is -2.19. The highest BCUT2D eigenvalue weighted by atomic mass is 35.5. The minimum Gasteiger partial charge on any atom is -0.397 e. The first-order chi connectivity index (χ1) is 10.0. The van der Waals surface area contributed by atoms with Crippen LogP contribution in [0.1, 0.15) is 5.56 Å². The molecule has 2 aromatic rings. The summed E-state index contributed by atoms with van der Waals surface area (Å²) in [6, 6.07) is 10.9. The van der Waals surface area contributed by atoms with Crippen LogP contribution in [0.15, 0.2) is 42.5 Å². The molecule has 4 nitrogen and oxygen atoms in total. The molecule has 6 heteroatoms. The average molecular weight is 309 g/mol. The summed E-state index contributed by atoms with van der Waals surface area (Å²) in [6.07, 6.45) is 0. The minimum absolute atomic E-state index is 0.136. The van der Waals surface area contributed by atoms with E-state index in [-0.39, 0.29) is 24.8 Å². The molecule has 21 heavy (non-hydrogen) atoms. The smallest absolute Gasteiger partial charge is 0.250 e. The molecular formula is C15H14ClFN2O2. The van der Waals surface area contributed by atoms with Crippen molar-refractivity contribution in [3.05, 3.63) is 58.9 Å². The van der Waals surface area contributed by atoms with E-state index in [0.29, 0.717) is 10.7 Å². The van der Waals surface area contributed by atoms with E-state index in [4.69, 9.17) is 22.1 Å². The van der Waals surface area contributed by atoms with Crippen LogP contribution in [0.5, 0.6) is 0 Å². The first-order valence-electron chi connectivity index (χ1n) is 6.21. The zero-order chi connectivity index (χ0) is 15.2. The van der Waals surface area contributed by atoms with Gasteiger partial charge in [0.2, 0.25) is 5.91 Å². The molecule has 3 N–H and O–H groups in total. The van der Waals surface area contributed by atoms with E-state index < -0.39 is 5.82 Å². The van der Waals surface area contributed by atoms with Crippen LogP contribution >= 0.6 is 11.6 Å². The molecule has 0 spiro atoms. The average Bonchev–Trinajstić information content (AvgIpc) is 2.42. The number of nitrogen functional groups attached to an aromatic ring is 1. The van der Waals surface area contributed by atoms with E-state index in [2.05, 4.69) is 5.32 Å². The van der Waals surface area contributed by atoms with Gasteiger partial charge in [-0.2, -0.15) is 0 Å². The number of nitrogens with two attached hydrogens (primary N) is 1. The number of hydrogen-bond acceptors (Lipinski definition) is 3. The second-order valence-corrected chi connectivity index (χ2v) is 4.84. The number of hydrogen-bond donors (Lipinski definition) is 2. The van der Waals surface area contributed by atoms with Crippen molar-refractivity contribution >= 4 is 28.9 Å². The number of rotatable bonds is 5. The highest BCUT2D eigenvalue weighted by molar-refractivity contribution is 6.30. The Labute approximate surface area is 126 Å². The van der Waals surface area contributed by atoms with E-state index in [1.165, 1.54) is 12.1 Å². The Morgan fingerprint density at radius 3 is 2.81 bits per heavy atom. The van der Waals surface area contributed by atoms with Gasteiger partial charge in [-0.15, -0.1) is 0 Å². The Hall–Kier alpha value is -2.11. The summed E-state index contributed by atoms with van der Waals surface area (Å²) in [5, 5.41) is 3.16. The molecule has 0 aliphatic rings. The standard InChI is InChI=1S/C15H14ClFN2O2/c16-11-3-1-2-10(6-11)8-21-9-15(20)19-14-5-4-12(17)7-13(14)18/h1-7H,8-9,18H2,(H,19,20). The quantitative estimate of drug-likeness (QED) is 0.834. The van der Waals surface area contributed by atoms with Crippen molar-refractivity contribution in [1.29, 1.82) is 0 Å². The molecule has 0 bridgehead atoms. The Kier molecular flexibility index (Phi) is 5.14. The third kappa shape index (κ3) is 4.73. The predicted molar refractivity (Wildman–Crippen MR) is 80.6 cm³/mol. The van der Waals surface area contributed by atoms with Gasteiger partial charge >= 0.3 is 0 Å². The van der Waals surface area contributed by atoms with Gasteiger partial charge in [0.15, 0.2) is 0 Å². The maximum atomic E-state index is 12.9. The number of halogens is 2. The van der Waals surface area contributed by atoms with Crippen LogP contribution in [0.4, 0.5) is 15.8 Å². The molecule has 0 aliphatic carbocycles. The first kappa shape index (κ1) is 15.3. The molecule has 0 saturated carbocycles. The molecule has 0 unspecified atom stereocenters. The van der Waals surface area contributed by atoms with Crippen LogP contribution in [0.25, 0.3) is 0 Å². The van der Waals surface area contributed by atoms with Crippen LogP contribution < -0.4 is 11.1 Å². The summed E-state index contributed by atoms with van der Waals surface area (Å²) in [4.78, 5) is 11.7. The number of carbonyl (C=O) groups is 1. The van der Waals surface area contributed by atoms with Crippen LogP contribution in [0, 0.1) is 5.82 Å². The lowest BCUT2D eigenvalue weighted by Gasteiger charge is -2.09. The molecule has 2 aromatic carbocycles. The summed E-state index contributed by atoms with van der Waals surface area (Å²) in [7, 11) is 0. The zero-order valence-electron chi connectivity index (χ0n) is 11.1. The summed E-state index contributed by atoms with van der Waals surface area (Å²) in [6.45, 7) is 0.135. The normalized spacial score (nSPS) is 10.4. The number of carbonyl (C=O) groups excluding carboxylic acids is 1. The maximum absolute atomic E-state index is 12.9. The fourth-order valence-corrected chi connectivity index (χ4v) is 1.93. The summed E-state index contributed by atoms with van der Waals surface area (Å²) < 4.78 is 18.2. The Balaban J connectivity index is 1.82. The fraction of sp³-hybridized carbons (Fsp3) is 0.133. The van der Waals surface area contributed by atoms with Crippen LogP contribution in [-0.2, 0) is 16.1 Å². The van der Waals surface area contributed by atoms with Gasteiger partial charge in [-0.25, -0.2) is 4.39 Å². The van der Waals surface area contributed by atoms with E-state index >= 15 is 0 Å². The molecule has 1 amide bonds. The highest BCUT2D eigenvalue weighted by Gasteiger charge is 2.06. The van der Waals surface area contributed by atoms with Crippen LogP contribution in [0.2, 0.25) is 5.02 Å². The lowest BCUT2D eigenvalue weighted by atomic mass is 10.2. The Morgan fingerprint density at radius 1 is 1.29 bits per heavy atom. The molecule has 0 heterocycles. The van der Waals surface area contributed by atoms with E-state index in [1.807, 2.05) is 6.07 Å². The lowest BCUT2D eigenvalue weighted by molar-refractivity contribution is -0.121. The molecular weight excluding hydrogens is 295 g/mol.